The predicted molar refractivity (Wildman–Crippen MR) is 41.6 cm³/mol. The summed E-state index contributed by atoms with van der Waals surface area (Å²) >= 11 is 0. The van der Waals surface area contributed by atoms with Gasteiger partial charge in [0.25, 0.3) is 0 Å². The Morgan fingerprint density at radius 2 is 2.50 bits per heavy atom. The predicted octanol–water partition coefficient (Wildman–Crippen LogP) is -0.819. The van der Waals surface area contributed by atoms with E-state index in [2.05, 4.69) is 5.10 Å². The van der Waals surface area contributed by atoms with Gasteiger partial charge in [-0.25, -0.2) is 0 Å². The molecule has 1 aromatic heterocycles. The summed E-state index contributed by atoms with van der Waals surface area (Å²) in [5.41, 5.74) is 1.85. The molecule has 0 aromatic carbocycles. The van der Waals surface area contributed by atoms with Gasteiger partial charge in [0.2, 0.25) is 0 Å². The quantitative estimate of drug-likeness (QED) is 0.542. The Hall–Kier alpha value is -0.765. The molecule has 0 atom stereocenters. The second-order valence-corrected chi connectivity index (χ2v) is 2.25. The van der Waals surface area contributed by atoms with E-state index in [1.54, 1.807) is 4.68 Å². The second kappa shape index (κ2) is 2.88. The molecule has 0 fully saturated rings. The van der Waals surface area contributed by atoms with Crippen LogP contribution in [0.3, 0.4) is 0 Å². The van der Waals surface area contributed by atoms with Crippen LogP contribution in [0.4, 0.5) is 0 Å². The fraction of sp³-hybridized carbons (Fsp3) is 0.500. The third-order valence-electron chi connectivity index (χ3n) is 1.45. The lowest BCUT2D eigenvalue weighted by Crippen LogP contribution is -2.24. The summed E-state index contributed by atoms with van der Waals surface area (Å²) in [7, 11) is 0.0781. The van der Waals surface area contributed by atoms with E-state index < -0.39 is 0 Å². The molecule has 0 aliphatic heterocycles. The maximum Gasteiger partial charge on any atom is 0.324 e. The zero-order chi connectivity index (χ0) is 7.56. The first-order chi connectivity index (χ1) is 4.77. The fourth-order valence-corrected chi connectivity index (χ4v) is 1.00. The van der Waals surface area contributed by atoms with Crippen molar-refractivity contribution >= 4 is 13.1 Å². The highest BCUT2D eigenvalue weighted by Crippen LogP contribution is 1.88. The lowest BCUT2D eigenvalue weighted by atomic mass is 9.96. The van der Waals surface area contributed by atoms with Gasteiger partial charge in [-0.15, -0.1) is 0 Å². The molecule has 0 aliphatic rings. The van der Waals surface area contributed by atoms with Crippen LogP contribution in [-0.4, -0.2) is 22.3 Å². The van der Waals surface area contributed by atoms with Crippen molar-refractivity contribution in [2.45, 2.75) is 20.4 Å². The molecule has 1 N–H and O–H groups in total. The van der Waals surface area contributed by atoms with Gasteiger partial charge >= 0.3 is 7.48 Å². The topological polar surface area (TPSA) is 38.0 Å². The summed E-state index contributed by atoms with van der Waals surface area (Å²) in [6, 6.07) is 1.89. The van der Waals surface area contributed by atoms with Gasteiger partial charge in [-0.3, -0.25) is 4.68 Å². The van der Waals surface area contributed by atoms with Crippen LogP contribution in [0.25, 0.3) is 0 Å². The third kappa shape index (κ3) is 1.21. The highest BCUT2D eigenvalue weighted by atomic mass is 16.2. The Kier molecular flexibility index (Phi) is 2.11. The summed E-state index contributed by atoms with van der Waals surface area (Å²) in [5, 5.41) is 13.0. The van der Waals surface area contributed by atoms with Crippen molar-refractivity contribution in [1.29, 1.82) is 0 Å². The van der Waals surface area contributed by atoms with Crippen LogP contribution in [0, 0.1) is 6.92 Å². The molecule has 10 heavy (non-hydrogen) atoms. The van der Waals surface area contributed by atoms with E-state index in [1.165, 1.54) is 0 Å². The summed E-state index contributed by atoms with van der Waals surface area (Å²) in [6.07, 6.45) is 0. The lowest BCUT2D eigenvalue weighted by Gasteiger charge is -1.97. The number of nitrogens with zero attached hydrogens (tertiary/aromatic N) is 2. The molecule has 0 spiro atoms. The van der Waals surface area contributed by atoms with Crippen LogP contribution in [0.5, 0.6) is 0 Å². The van der Waals surface area contributed by atoms with Gasteiger partial charge in [0.15, 0.2) is 0 Å². The standard InChI is InChI=1S/C6H11BN2O/c1-3-9-6(7-10)4-5(2)8-9/h4,7,10H,3H2,1-2H3. The molecule has 0 saturated heterocycles. The van der Waals surface area contributed by atoms with Crippen molar-refractivity contribution in [3.8, 4) is 0 Å². The van der Waals surface area contributed by atoms with Crippen molar-refractivity contribution in [3.63, 3.8) is 0 Å². The number of aromatic nitrogens is 2. The normalized spacial score (nSPS) is 9.90. The molecule has 0 aliphatic carbocycles. The Labute approximate surface area is 60.9 Å². The van der Waals surface area contributed by atoms with E-state index in [1.807, 2.05) is 19.9 Å². The molecule has 1 heterocycles. The first-order valence-electron chi connectivity index (χ1n) is 3.42. The van der Waals surface area contributed by atoms with Gasteiger partial charge in [-0.05, 0) is 19.9 Å². The van der Waals surface area contributed by atoms with Crippen LogP contribution in [-0.2, 0) is 6.54 Å². The molecule has 0 amide bonds. The molecular weight excluding hydrogens is 127 g/mol. The van der Waals surface area contributed by atoms with E-state index >= 15 is 0 Å². The van der Waals surface area contributed by atoms with Gasteiger partial charge in [-0.2, -0.15) is 5.10 Å². The average molecular weight is 138 g/mol. The monoisotopic (exact) mass is 138 g/mol. The minimum atomic E-state index is 0.0781. The zero-order valence-electron chi connectivity index (χ0n) is 6.33. The molecule has 0 radical (unpaired) electrons. The minimum absolute atomic E-state index is 0.0781. The SMILES string of the molecule is CCn1nc(C)cc1BO. The van der Waals surface area contributed by atoms with Crippen molar-refractivity contribution in [3.05, 3.63) is 11.8 Å². The molecule has 1 rings (SSSR count). The average Bonchev–Trinajstić information content (AvgIpc) is 2.30. The number of rotatable bonds is 2. The molecule has 0 saturated carbocycles. The smallest absolute Gasteiger partial charge is 0.324 e. The van der Waals surface area contributed by atoms with Gasteiger partial charge in [0.05, 0.1) is 5.69 Å². The van der Waals surface area contributed by atoms with Crippen molar-refractivity contribution < 1.29 is 5.02 Å². The maximum absolute atomic E-state index is 8.80. The second-order valence-electron chi connectivity index (χ2n) is 2.25. The summed E-state index contributed by atoms with van der Waals surface area (Å²) in [4.78, 5) is 0. The van der Waals surface area contributed by atoms with Crippen molar-refractivity contribution in [1.82, 2.24) is 9.78 Å². The van der Waals surface area contributed by atoms with E-state index in [0.717, 1.165) is 17.8 Å². The first-order valence-corrected chi connectivity index (χ1v) is 3.42. The molecule has 4 heteroatoms. The van der Waals surface area contributed by atoms with Crippen LogP contribution in [0.15, 0.2) is 6.07 Å². The molecule has 3 nitrogen and oxygen atoms in total. The largest absolute Gasteiger partial charge is 0.448 e. The lowest BCUT2D eigenvalue weighted by molar-refractivity contribution is 0.602. The number of hydrogen-bond donors (Lipinski definition) is 1. The summed E-state index contributed by atoms with van der Waals surface area (Å²) in [5.74, 6) is 0. The van der Waals surface area contributed by atoms with Gasteiger partial charge < -0.3 is 5.02 Å². The maximum atomic E-state index is 8.80. The third-order valence-corrected chi connectivity index (χ3v) is 1.45. The first kappa shape index (κ1) is 7.34. The summed E-state index contributed by atoms with van der Waals surface area (Å²) in [6.45, 7) is 4.75. The van der Waals surface area contributed by atoms with E-state index in [9.17, 15) is 0 Å². The number of hydrogen-bond acceptors (Lipinski definition) is 2. The molecule has 54 valence electrons. The molecule has 0 unspecified atom stereocenters. The molecule has 0 bridgehead atoms. The summed E-state index contributed by atoms with van der Waals surface area (Å²) < 4.78 is 1.80. The van der Waals surface area contributed by atoms with E-state index in [-0.39, 0.29) is 7.48 Å². The van der Waals surface area contributed by atoms with Gasteiger partial charge in [0, 0.05) is 12.1 Å². The Balaban J connectivity index is 2.96. The molecular formula is C6H11BN2O. The minimum Gasteiger partial charge on any atom is -0.448 e. The zero-order valence-corrected chi connectivity index (χ0v) is 6.33. The van der Waals surface area contributed by atoms with E-state index in [0.29, 0.717) is 0 Å². The van der Waals surface area contributed by atoms with Gasteiger partial charge in [0.1, 0.15) is 0 Å². The van der Waals surface area contributed by atoms with Crippen LogP contribution in [0.2, 0.25) is 0 Å². The Morgan fingerprint density at radius 1 is 1.80 bits per heavy atom. The number of aryl methyl sites for hydroxylation is 2. The van der Waals surface area contributed by atoms with Crippen LogP contribution in [0.1, 0.15) is 12.6 Å². The highest BCUT2D eigenvalue weighted by Gasteiger charge is 2.01. The van der Waals surface area contributed by atoms with Gasteiger partial charge in [-0.1, -0.05) is 0 Å². The Bertz CT molecular complexity index is 200. The van der Waals surface area contributed by atoms with E-state index in [4.69, 9.17) is 5.02 Å². The highest BCUT2D eigenvalue weighted by molar-refractivity contribution is 6.44. The van der Waals surface area contributed by atoms with Crippen molar-refractivity contribution in [2.75, 3.05) is 0 Å². The van der Waals surface area contributed by atoms with Crippen molar-refractivity contribution in [2.24, 2.45) is 0 Å². The van der Waals surface area contributed by atoms with Crippen LogP contribution >= 0.6 is 0 Å². The molecule has 1 aromatic rings. The Morgan fingerprint density at radius 3 is 2.90 bits per heavy atom. The van der Waals surface area contributed by atoms with Crippen LogP contribution < -0.4 is 5.59 Å². The fourth-order valence-electron chi connectivity index (χ4n) is 1.00.